The average Bonchev–Trinajstić information content (AvgIpc) is 3.10. The molecule has 29 heavy (non-hydrogen) atoms. The van der Waals surface area contributed by atoms with Crippen LogP contribution >= 0.6 is 11.3 Å². The van der Waals surface area contributed by atoms with E-state index in [9.17, 15) is 19.7 Å². The number of hydrogen-bond donors (Lipinski definition) is 1. The summed E-state index contributed by atoms with van der Waals surface area (Å²) in [7, 11) is 0. The van der Waals surface area contributed by atoms with Crippen molar-refractivity contribution in [1.29, 1.82) is 0 Å². The first kappa shape index (κ1) is 20.6. The third-order valence-electron chi connectivity index (χ3n) is 4.09. The van der Waals surface area contributed by atoms with Gasteiger partial charge in [0.1, 0.15) is 5.69 Å². The Morgan fingerprint density at radius 3 is 2.69 bits per heavy atom. The molecule has 1 aliphatic heterocycles. The quantitative estimate of drug-likeness (QED) is 0.395. The number of thiophene rings is 1. The van der Waals surface area contributed by atoms with Crippen molar-refractivity contribution in [3.63, 3.8) is 0 Å². The topological polar surface area (TPSA) is 117 Å². The van der Waals surface area contributed by atoms with Gasteiger partial charge in [0, 0.05) is 23.8 Å². The number of amides is 1. The maximum atomic E-state index is 12.1. The Labute approximate surface area is 170 Å². The van der Waals surface area contributed by atoms with E-state index in [0.717, 1.165) is 6.42 Å². The number of nitro groups is 1. The highest BCUT2D eigenvalue weighted by Gasteiger charge is 2.23. The van der Waals surface area contributed by atoms with E-state index in [4.69, 9.17) is 14.2 Å². The molecule has 0 saturated carbocycles. The Balaban J connectivity index is 1.53. The van der Waals surface area contributed by atoms with Gasteiger partial charge in [-0.05, 0) is 24.3 Å². The van der Waals surface area contributed by atoms with Gasteiger partial charge in [-0.1, -0.05) is 6.07 Å². The summed E-state index contributed by atoms with van der Waals surface area (Å²) in [5.41, 5.74) is -0.372. The second kappa shape index (κ2) is 9.87. The average molecular weight is 420 g/mol. The highest BCUT2D eigenvalue weighted by atomic mass is 32.1. The van der Waals surface area contributed by atoms with Gasteiger partial charge >= 0.3 is 5.97 Å². The SMILES string of the molecule is O=C(COC(=O)CCCc1cccs1)Nc1cc2c(cc1[N+](=O)[O-])OCCCO2. The van der Waals surface area contributed by atoms with E-state index in [2.05, 4.69) is 5.32 Å². The fourth-order valence-corrected chi connectivity index (χ4v) is 3.47. The molecule has 2 aromatic rings. The van der Waals surface area contributed by atoms with Crippen LogP contribution in [0.25, 0.3) is 0 Å². The van der Waals surface area contributed by atoms with Crippen molar-refractivity contribution in [2.75, 3.05) is 25.1 Å². The van der Waals surface area contributed by atoms with Gasteiger partial charge in [-0.25, -0.2) is 0 Å². The molecule has 1 aliphatic rings. The summed E-state index contributed by atoms with van der Waals surface area (Å²) >= 11 is 1.62. The predicted octanol–water partition coefficient (Wildman–Crippen LogP) is 3.32. The fourth-order valence-electron chi connectivity index (χ4n) is 2.72. The number of carbonyl (C=O) groups is 2. The lowest BCUT2D eigenvalue weighted by atomic mass is 10.2. The summed E-state index contributed by atoms with van der Waals surface area (Å²) < 4.78 is 15.9. The molecular formula is C19H20N2O7S. The molecule has 1 aromatic heterocycles. The first-order valence-electron chi connectivity index (χ1n) is 9.09. The van der Waals surface area contributed by atoms with Gasteiger partial charge < -0.3 is 19.5 Å². The van der Waals surface area contributed by atoms with Crippen molar-refractivity contribution in [3.05, 3.63) is 44.6 Å². The van der Waals surface area contributed by atoms with E-state index in [-0.39, 0.29) is 23.5 Å². The summed E-state index contributed by atoms with van der Waals surface area (Å²) in [5, 5.41) is 15.7. The summed E-state index contributed by atoms with van der Waals surface area (Å²) in [6.45, 7) is 0.267. The molecule has 1 amide bonds. The molecule has 2 heterocycles. The molecule has 1 N–H and O–H groups in total. The highest BCUT2D eigenvalue weighted by molar-refractivity contribution is 7.09. The van der Waals surface area contributed by atoms with Crippen LogP contribution in [0, 0.1) is 10.1 Å². The first-order chi connectivity index (χ1) is 14.0. The molecule has 0 unspecified atom stereocenters. The van der Waals surface area contributed by atoms with Crippen LogP contribution in [0.5, 0.6) is 11.5 Å². The zero-order valence-electron chi connectivity index (χ0n) is 15.5. The number of aryl methyl sites for hydroxylation is 1. The van der Waals surface area contributed by atoms with E-state index < -0.39 is 23.4 Å². The number of esters is 1. The number of hydrogen-bond acceptors (Lipinski definition) is 8. The highest BCUT2D eigenvalue weighted by Crippen LogP contribution is 2.39. The Kier molecular flexibility index (Phi) is 7.01. The van der Waals surface area contributed by atoms with Gasteiger partial charge in [-0.3, -0.25) is 19.7 Å². The van der Waals surface area contributed by atoms with E-state index in [1.807, 2.05) is 17.5 Å². The molecule has 154 valence electrons. The third-order valence-corrected chi connectivity index (χ3v) is 5.02. The molecule has 9 nitrogen and oxygen atoms in total. The van der Waals surface area contributed by atoms with Crippen LogP contribution in [0.3, 0.4) is 0 Å². The zero-order valence-corrected chi connectivity index (χ0v) is 16.4. The van der Waals surface area contributed by atoms with E-state index in [1.54, 1.807) is 11.3 Å². The molecule has 0 atom stereocenters. The third kappa shape index (κ3) is 5.92. The largest absolute Gasteiger partial charge is 0.489 e. The molecule has 0 aliphatic carbocycles. The van der Waals surface area contributed by atoms with Gasteiger partial charge in [0.05, 0.1) is 24.2 Å². The lowest BCUT2D eigenvalue weighted by Crippen LogP contribution is -2.21. The van der Waals surface area contributed by atoms with Crippen molar-refractivity contribution in [2.24, 2.45) is 0 Å². The second-order valence-corrected chi connectivity index (χ2v) is 7.30. The van der Waals surface area contributed by atoms with Crippen molar-refractivity contribution in [1.82, 2.24) is 0 Å². The normalized spacial score (nSPS) is 12.7. The molecule has 1 aromatic carbocycles. The van der Waals surface area contributed by atoms with Crippen LogP contribution in [0.1, 0.15) is 24.1 Å². The van der Waals surface area contributed by atoms with Crippen LogP contribution in [-0.2, 0) is 20.7 Å². The van der Waals surface area contributed by atoms with Crippen LogP contribution < -0.4 is 14.8 Å². The minimum Gasteiger partial charge on any atom is -0.489 e. The zero-order chi connectivity index (χ0) is 20.6. The first-order valence-corrected chi connectivity index (χ1v) is 9.97. The molecule has 0 radical (unpaired) electrons. The molecule has 0 saturated heterocycles. The monoisotopic (exact) mass is 420 g/mol. The standard InChI is InChI=1S/C19H20N2O7S/c22-18(12-28-19(23)6-1-4-13-5-2-9-29-13)20-14-10-16-17(11-15(14)21(24)25)27-8-3-7-26-16/h2,5,9-11H,1,3-4,6-8,12H2,(H,20,22). The molecule has 10 heteroatoms. The minimum absolute atomic E-state index is 0.0435. The van der Waals surface area contributed by atoms with E-state index in [0.29, 0.717) is 31.8 Å². The minimum atomic E-state index is -0.672. The van der Waals surface area contributed by atoms with Crippen molar-refractivity contribution >= 4 is 34.6 Å². The number of anilines is 1. The van der Waals surface area contributed by atoms with E-state index >= 15 is 0 Å². The fraction of sp³-hybridized carbons (Fsp3) is 0.368. The number of benzene rings is 1. The van der Waals surface area contributed by atoms with Crippen molar-refractivity contribution in [2.45, 2.75) is 25.7 Å². The summed E-state index contributed by atoms with van der Waals surface area (Å²) in [4.78, 5) is 35.8. The summed E-state index contributed by atoms with van der Waals surface area (Å²) in [5.74, 6) is -0.600. The van der Waals surface area contributed by atoms with Gasteiger partial charge in [0.15, 0.2) is 18.1 Å². The molecule has 0 spiro atoms. The number of nitro benzene ring substituents is 1. The smallest absolute Gasteiger partial charge is 0.306 e. The van der Waals surface area contributed by atoms with Crippen LogP contribution in [0.2, 0.25) is 0 Å². The maximum absolute atomic E-state index is 12.1. The van der Waals surface area contributed by atoms with Crippen LogP contribution in [-0.4, -0.2) is 36.6 Å². The number of nitrogens with one attached hydrogen (secondary N) is 1. The molecule has 0 fully saturated rings. The number of fused-ring (bicyclic) bond motifs is 1. The predicted molar refractivity (Wildman–Crippen MR) is 106 cm³/mol. The molecule has 0 bridgehead atoms. The number of carbonyl (C=O) groups excluding carboxylic acids is 2. The molecule has 3 rings (SSSR count). The Morgan fingerprint density at radius 1 is 1.24 bits per heavy atom. The second-order valence-electron chi connectivity index (χ2n) is 6.27. The maximum Gasteiger partial charge on any atom is 0.306 e. The lowest BCUT2D eigenvalue weighted by Gasteiger charge is -2.11. The summed E-state index contributed by atoms with van der Waals surface area (Å²) in [6, 6.07) is 6.50. The van der Waals surface area contributed by atoms with Crippen LogP contribution in [0.4, 0.5) is 11.4 Å². The Bertz CT molecular complexity index is 883. The number of nitrogens with zero attached hydrogens (tertiary/aromatic N) is 1. The van der Waals surface area contributed by atoms with Crippen molar-refractivity contribution < 1.29 is 28.7 Å². The number of rotatable bonds is 8. The van der Waals surface area contributed by atoms with Gasteiger partial charge in [0.2, 0.25) is 0 Å². The van der Waals surface area contributed by atoms with Crippen LogP contribution in [0.15, 0.2) is 29.6 Å². The van der Waals surface area contributed by atoms with Gasteiger partial charge in [-0.15, -0.1) is 11.3 Å². The Hall–Kier alpha value is -3.14. The van der Waals surface area contributed by atoms with E-state index in [1.165, 1.54) is 17.0 Å². The molecular weight excluding hydrogens is 400 g/mol. The van der Waals surface area contributed by atoms with Crippen molar-refractivity contribution in [3.8, 4) is 11.5 Å². The number of ether oxygens (including phenoxy) is 3. The summed E-state index contributed by atoms with van der Waals surface area (Å²) in [6.07, 6.45) is 2.22. The van der Waals surface area contributed by atoms with Gasteiger partial charge in [0.25, 0.3) is 11.6 Å². The van der Waals surface area contributed by atoms with Gasteiger partial charge in [-0.2, -0.15) is 0 Å². The lowest BCUT2D eigenvalue weighted by molar-refractivity contribution is -0.384. The Morgan fingerprint density at radius 2 is 2.00 bits per heavy atom.